The highest BCUT2D eigenvalue weighted by atomic mass is 32.2. The van der Waals surface area contributed by atoms with E-state index in [4.69, 9.17) is 4.74 Å². The van der Waals surface area contributed by atoms with Crippen LogP contribution < -0.4 is 15.3 Å². The van der Waals surface area contributed by atoms with Crippen LogP contribution in [0.1, 0.15) is 0 Å². The molecule has 4 rings (SSSR count). The molecule has 3 aromatic rings. The van der Waals surface area contributed by atoms with Crippen LogP contribution in [0.2, 0.25) is 0 Å². The number of benzene rings is 2. The number of aromatic nitrogens is 2. The first-order chi connectivity index (χ1) is 13.0. The SMILES string of the molecule is COc1ccccc1N1CCN(S(=O)(=O)c2ccc3[nH]c(=O)[nH]c3c2)CC1. The molecular weight excluding hydrogens is 368 g/mol. The molecule has 0 radical (unpaired) electrons. The summed E-state index contributed by atoms with van der Waals surface area (Å²) in [6.45, 7) is 1.90. The van der Waals surface area contributed by atoms with E-state index in [1.807, 2.05) is 24.3 Å². The van der Waals surface area contributed by atoms with Gasteiger partial charge in [-0.15, -0.1) is 0 Å². The van der Waals surface area contributed by atoms with Gasteiger partial charge in [-0.2, -0.15) is 4.31 Å². The minimum atomic E-state index is -3.63. The predicted octanol–water partition coefficient (Wildman–Crippen LogP) is 1.38. The number of aromatic amines is 2. The summed E-state index contributed by atoms with van der Waals surface area (Å²) in [5.41, 5.74) is 1.67. The van der Waals surface area contributed by atoms with E-state index in [9.17, 15) is 13.2 Å². The molecule has 0 spiro atoms. The fourth-order valence-corrected chi connectivity index (χ4v) is 4.83. The van der Waals surface area contributed by atoms with E-state index in [2.05, 4.69) is 14.9 Å². The summed E-state index contributed by atoms with van der Waals surface area (Å²) in [6, 6.07) is 12.3. The topological polar surface area (TPSA) is 98.5 Å². The Labute approximate surface area is 156 Å². The fourth-order valence-electron chi connectivity index (χ4n) is 3.38. The monoisotopic (exact) mass is 388 g/mol. The third-order valence-electron chi connectivity index (χ3n) is 4.79. The van der Waals surface area contributed by atoms with Crippen LogP contribution in [-0.2, 0) is 10.0 Å². The Bertz CT molecular complexity index is 1130. The zero-order chi connectivity index (χ0) is 19.0. The highest BCUT2D eigenvalue weighted by Crippen LogP contribution is 2.29. The molecule has 1 aromatic heterocycles. The average molecular weight is 388 g/mol. The number of nitrogens with one attached hydrogen (secondary N) is 2. The lowest BCUT2D eigenvalue weighted by Crippen LogP contribution is -2.48. The second-order valence-electron chi connectivity index (χ2n) is 6.35. The van der Waals surface area contributed by atoms with Crippen molar-refractivity contribution < 1.29 is 13.2 Å². The van der Waals surface area contributed by atoms with E-state index in [1.54, 1.807) is 13.2 Å². The first-order valence-corrected chi connectivity index (χ1v) is 10.0. The number of ether oxygens (including phenoxy) is 1. The highest BCUT2D eigenvalue weighted by molar-refractivity contribution is 7.89. The summed E-state index contributed by atoms with van der Waals surface area (Å²) in [4.78, 5) is 18.9. The fraction of sp³-hybridized carbons (Fsp3) is 0.278. The van der Waals surface area contributed by atoms with Gasteiger partial charge in [0.25, 0.3) is 0 Å². The molecule has 0 atom stereocenters. The van der Waals surface area contributed by atoms with Gasteiger partial charge >= 0.3 is 5.69 Å². The van der Waals surface area contributed by atoms with Crippen LogP contribution >= 0.6 is 0 Å². The number of imidazole rings is 1. The van der Waals surface area contributed by atoms with Crippen molar-refractivity contribution in [3.8, 4) is 5.75 Å². The van der Waals surface area contributed by atoms with E-state index in [1.165, 1.54) is 16.4 Å². The molecule has 0 amide bonds. The van der Waals surface area contributed by atoms with E-state index in [0.29, 0.717) is 37.2 Å². The Balaban J connectivity index is 1.55. The molecule has 142 valence electrons. The molecular formula is C18H20N4O4S. The van der Waals surface area contributed by atoms with Crippen molar-refractivity contribution in [2.75, 3.05) is 38.2 Å². The summed E-state index contributed by atoms with van der Waals surface area (Å²) >= 11 is 0. The van der Waals surface area contributed by atoms with Gasteiger partial charge in [-0.25, -0.2) is 13.2 Å². The van der Waals surface area contributed by atoms with E-state index >= 15 is 0 Å². The van der Waals surface area contributed by atoms with Crippen LogP contribution in [0.3, 0.4) is 0 Å². The molecule has 8 nitrogen and oxygen atoms in total. The zero-order valence-electron chi connectivity index (χ0n) is 14.8. The number of H-pyrrole nitrogens is 2. The number of fused-ring (bicyclic) bond motifs is 1. The van der Waals surface area contributed by atoms with Gasteiger partial charge in [0.1, 0.15) is 5.75 Å². The van der Waals surface area contributed by atoms with Crippen LogP contribution in [0, 0.1) is 0 Å². The van der Waals surface area contributed by atoms with Gasteiger partial charge in [0.05, 0.1) is 28.7 Å². The number of methoxy groups -OCH3 is 1. The van der Waals surface area contributed by atoms with Gasteiger partial charge in [-0.1, -0.05) is 12.1 Å². The molecule has 1 aliphatic rings. The summed E-state index contributed by atoms with van der Waals surface area (Å²) in [5.74, 6) is 0.774. The summed E-state index contributed by atoms with van der Waals surface area (Å²) in [7, 11) is -2.00. The lowest BCUT2D eigenvalue weighted by atomic mass is 10.2. The highest BCUT2D eigenvalue weighted by Gasteiger charge is 2.29. The number of rotatable bonds is 4. The lowest BCUT2D eigenvalue weighted by molar-refractivity contribution is 0.378. The van der Waals surface area contributed by atoms with Crippen LogP contribution in [0.4, 0.5) is 5.69 Å². The predicted molar refractivity (Wildman–Crippen MR) is 103 cm³/mol. The Kier molecular flexibility index (Phi) is 4.40. The first-order valence-electron chi connectivity index (χ1n) is 8.59. The molecule has 2 aromatic carbocycles. The molecule has 27 heavy (non-hydrogen) atoms. The maximum Gasteiger partial charge on any atom is 0.323 e. The van der Waals surface area contributed by atoms with Crippen molar-refractivity contribution in [3.05, 3.63) is 52.9 Å². The third-order valence-corrected chi connectivity index (χ3v) is 6.68. The van der Waals surface area contributed by atoms with Crippen LogP contribution in [0.25, 0.3) is 11.0 Å². The average Bonchev–Trinajstić information content (AvgIpc) is 3.07. The molecule has 0 bridgehead atoms. The van der Waals surface area contributed by atoms with Gasteiger partial charge in [-0.05, 0) is 30.3 Å². The van der Waals surface area contributed by atoms with Gasteiger partial charge in [0, 0.05) is 26.2 Å². The minimum Gasteiger partial charge on any atom is -0.495 e. The normalized spacial score (nSPS) is 16.0. The molecule has 0 unspecified atom stereocenters. The Morgan fingerprint density at radius 2 is 1.67 bits per heavy atom. The number of anilines is 1. The van der Waals surface area contributed by atoms with Crippen molar-refractivity contribution >= 4 is 26.7 Å². The van der Waals surface area contributed by atoms with Crippen LogP contribution in [0.5, 0.6) is 5.75 Å². The van der Waals surface area contributed by atoms with Crippen molar-refractivity contribution in [1.82, 2.24) is 14.3 Å². The lowest BCUT2D eigenvalue weighted by Gasteiger charge is -2.35. The Morgan fingerprint density at radius 3 is 2.41 bits per heavy atom. The summed E-state index contributed by atoms with van der Waals surface area (Å²) in [5, 5.41) is 0. The number of sulfonamides is 1. The largest absolute Gasteiger partial charge is 0.495 e. The van der Waals surface area contributed by atoms with E-state index in [-0.39, 0.29) is 10.6 Å². The van der Waals surface area contributed by atoms with Crippen molar-refractivity contribution in [1.29, 1.82) is 0 Å². The molecule has 1 fully saturated rings. The van der Waals surface area contributed by atoms with E-state index in [0.717, 1.165) is 11.4 Å². The molecule has 2 heterocycles. The zero-order valence-corrected chi connectivity index (χ0v) is 15.6. The van der Waals surface area contributed by atoms with E-state index < -0.39 is 10.0 Å². The second-order valence-corrected chi connectivity index (χ2v) is 8.29. The smallest absolute Gasteiger partial charge is 0.323 e. The van der Waals surface area contributed by atoms with Crippen molar-refractivity contribution in [2.24, 2.45) is 0 Å². The number of hydrogen-bond acceptors (Lipinski definition) is 5. The first kappa shape index (κ1) is 17.6. The molecule has 9 heteroatoms. The van der Waals surface area contributed by atoms with Crippen LogP contribution in [0.15, 0.2) is 52.2 Å². The second kappa shape index (κ2) is 6.75. The van der Waals surface area contributed by atoms with Gasteiger partial charge in [0.15, 0.2) is 0 Å². The summed E-state index contributed by atoms with van der Waals surface area (Å²) in [6.07, 6.45) is 0. The molecule has 2 N–H and O–H groups in total. The number of para-hydroxylation sites is 2. The standard InChI is InChI=1S/C18H20N4O4S/c1-26-17-5-3-2-4-16(17)21-8-10-22(11-9-21)27(24,25)13-6-7-14-15(12-13)20-18(23)19-14/h2-7,12H,8-11H2,1H3,(H2,19,20,23). The summed E-state index contributed by atoms with van der Waals surface area (Å²) < 4.78 is 32.8. The number of nitrogens with zero attached hydrogens (tertiary/aromatic N) is 2. The Hall–Kier alpha value is -2.78. The molecule has 0 saturated carbocycles. The van der Waals surface area contributed by atoms with Crippen molar-refractivity contribution in [3.63, 3.8) is 0 Å². The Morgan fingerprint density at radius 1 is 0.963 bits per heavy atom. The maximum absolute atomic E-state index is 13.0. The van der Waals surface area contributed by atoms with Gasteiger partial charge in [0.2, 0.25) is 10.0 Å². The van der Waals surface area contributed by atoms with Gasteiger partial charge in [-0.3, -0.25) is 0 Å². The van der Waals surface area contributed by atoms with Crippen molar-refractivity contribution in [2.45, 2.75) is 4.90 Å². The van der Waals surface area contributed by atoms with Gasteiger partial charge < -0.3 is 19.6 Å². The minimum absolute atomic E-state index is 0.177. The molecule has 0 aliphatic carbocycles. The number of piperazine rings is 1. The third kappa shape index (κ3) is 3.19. The quantitative estimate of drug-likeness (QED) is 0.704. The molecule has 1 aliphatic heterocycles. The maximum atomic E-state index is 13.0. The van der Waals surface area contributed by atoms with Crippen LogP contribution in [-0.4, -0.2) is 56.0 Å². The number of hydrogen-bond donors (Lipinski definition) is 2. The molecule has 1 saturated heterocycles.